The predicted molar refractivity (Wildman–Crippen MR) is 33.4 cm³/mol. The molecule has 4 heteroatoms. The van der Waals surface area contributed by atoms with Crippen LogP contribution in [-0.2, 0) is 9.63 Å². The van der Waals surface area contributed by atoms with E-state index in [0.29, 0.717) is 6.61 Å². The summed E-state index contributed by atoms with van der Waals surface area (Å²) in [5.41, 5.74) is 0. The molecular formula is C5H12N2O2. The lowest BCUT2D eigenvalue weighted by molar-refractivity contribution is -0.119. The Bertz CT molecular complexity index is 95.0. The van der Waals surface area contributed by atoms with Crippen LogP contribution in [0.15, 0.2) is 0 Å². The van der Waals surface area contributed by atoms with Crippen molar-refractivity contribution in [1.29, 1.82) is 0 Å². The zero-order chi connectivity index (χ0) is 7.28. The fourth-order valence-electron chi connectivity index (χ4n) is 0.533. The van der Waals surface area contributed by atoms with Gasteiger partial charge in [-0.15, -0.1) is 0 Å². The summed E-state index contributed by atoms with van der Waals surface area (Å²) < 4.78 is 0. The highest BCUT2D eigenvalue weighted by molar-refractivity contribution is 5.73. The van der Waals surface area contributed by atoms with Crippen LogP contribution >= 0.6 is 0 Å². The standard InChI is InChI=1S/C5H12N2O2/c1-4(3-9-6)7-5(2)8/h4H,3,6H2,1-2H3,(H,7,8). The van der Waals surface area contributed by atoms with E-state index >= 15 is 0 Å². The summed E-state index contributed by atoms with van der Waals surface area (Å²) in [4.78, 5) is 14.6. The van der Waals surface area contributed by atoms with Crippen LogP contribution in [0.25, 0.3) is 0 Å². The molecule has 4 nitrogen and oxygen atoms in total. The summed E-state index contributed by atoms with van der Waals surface area (Å²) in [5.74, 6) is 4.68. The minimum absolute atomic E-state index is 0.00694. The van der Waals surface area contributed by atoms with Gasteiger partial charge in [-0.25, -0.2) is 5.90 Å². The third kappa shape index (κ3) is 5.26. The van der Waals surface area contributed by atoms with Crippen molar-refractivity contribution in [2.75, 3.05) is 6.61 Å². The van der Waals surface area contributed by atoms with Gasteiger partial charge < -0.3 is 10.2 Å². The number of hydrogen-bond donors (Lipinski definition) is 2. The van der Waals surface area contributed by atoms with Gasteiger partial charge in [0.1, 0.15) is 0 Å². The summed E-state index contributed by atoms with van der Waals surface area (Å²) in [6.45, 7) is 3.61. The fraction of sp³-hybridized carbons (Fsp3) is 0.800. The molecule has 0 aromatic carbocycles. The van der Waals surface area contributed by atoms with Gasteiger partial charge in [0.15, 0.2) is 0 Å². The molecule has 1 atom stereocenters. The first-order valence-corrected chi connectivity index (χ1v) is 2.75. The molecule has 0 saturated heterocycles. The first-order valence-electron chi connectivity index (χ1n) is 2.75. The second kappa shape index (κ2) is 4.29. The lowest BCUT2D eigenvalue weighted by atomic mass is 10.4. The number of amides is 1. The molecule has 0 fully saturated rings. The molecule has 1 amide bonds. The summed E-state index contributed by atoms with van der Waals surface area (Å²) in [6, 6.07) is -0.00694. The van der Waals surface area contributed by atoms with Gasteiger partial charge in [0.05, 0.1) is 12.6 Å². The predicted octanol–water partition coefficient (Wildman–Crippen LogP) is -0.599. The maximum atomic E-state index is 10.3. The smallest absolute Gasteiger partial charge is 0.217 e. The molecule has 0 aliphatic rings. The van der Waals surface area contributed by atoms with Crippen molar-refractivity contribution in [3.8, 4) is 0 Å². The third-order valence-electron chi connectivity index (χ3n) is 0.796. The number of carbonyl (C=O) groups excluding carboxylic acids is 1. The second-order valence-corrected chi connectivity index (χ2v) is 1.93. The quantitative estimate of drug-likeness (QED) is 0.504. The van der Waals surface area contributed by atoms with Crippen molar-refractivity contribution in [1.82, 2.24) is 5.32 Å². The van der Waals surface area contributed by atoms with E-state index in [0.717, 1.165) is 0 Å². The fourth-order valence-corrected chi connectivity index (χ4v) is 0.533. The molecule has 54 valence electrons. The molecule has 0 spiro atoms. The molecule has 0 radical (unpaired) electrons. The molecule has 9 heavy (non-hydrogen) atoms. The number of nitrogens with two attached hydrogens (primary N) is 1. The van der Waals surface area contributed by atoms with Gasteiger partial charge in [-0.1, -0.05) is 0 Å². The van der Waals surface area contributed by atoms with E-state index in [1.54, 1.807) is 0 Å². The van der Waals surface area contributed by atoms with Crippen LogP contribution < -0.4 is 11.2 Å². The molecule has 0 aromatic heterocycles. The lowest BCUT2D eigenvalue weighted by Gasteiger charge is -2.08. The molecule has 0 aromatic rings. The summed E-state index contributed by atoms with van der Waals surface area (Å²) >= 11 is 0. The largest absolute Gasteiger partial charge is 0.351 e. The molecule has 0 rings (SSSR count). The van der Waals surface area contributed by atoms with Crippen LogP contribution in [0.3, 0.4) is 0 Å². The SMILES string of the molecule is CC(=O)NC(C)CON. The van der Waals surface area contributed by atoms with E-state index in [1.165, 1.54) is 6.92 Å². The highest BCUT2D eigenvalue weighted by Gasteiger charge is 2.00. The van der Waals surface area contributed by atoms with Gasteiger partial charge in [-0.2, -0.15) is 0 Å². The molecule has 3 N–H and O–H groups in total. The Morgan fingerprint density at radius 2 is 2.44 bits per heavy atom. The Morgan fingerprint density at radius 1 is 1.89 bits per heavy atom. The molecule has 0 heterocycles. The Hall–Kier alpha value is -0.610. The number of carbonyl (C=O) groups is 1. The van der Waals surface area contributed by atoms with Crippen molar-refractivity contribution < 1.29 is 9.63 Å². The van der Waals surface area contributed by atoms with Gasteiger partial charge in [-0.3, -0.25) is 4.79 Å². The van der Waals surface area contributed by atoms with E-state index < -0.39 is 0 Å². The van der Waals surface area contributed by atoms with Crippen LogP contribution in [0.2, 0.25) is 0 Å². The van der Waals surface area contributed by atoms with Gasteiger partial charge in [-0.05, 0) is 6.92 Å². The number of rotatable bonds is 3. The highest BCUT2D eigenvalue weighted by atomic mass is 16.6. The van der Waals surface area contributed by atoms with Gasteiger partial charge in [0.2, 0.25) is 5.91 Å². The molecule has 0 aliphatic carbocycles. The Balaban J connectivity index is 3.26. The summed E-state index contributed by atoms with van der Waals surface area (Å²) in [7, 11) is 0. The van der Waals surface area contributed by atoms with Crippen LogP contribution in [0.1, 0.15) is 13.8 Å². The Kier molecular flexibility index (Phi) is 4.00. The molecule has 0 bridgehead atoms. The van der Waals surface area contributed by atoms with Crippen molar-refractivity contribution >= 4 is 5.91 Å². The average molecular weight is 132 g/mol. The van der Waals surface area contributed by atoms with Gasteiger partial charge >= 0.3 is 0 Å². The van der Waals surface area contributed by atoms with Gasteiger partial charge in [0, 0.05) is 6.92 Å². The lowest BCUT2D eigenvalue weighted by Crippen LogP contribution is -2.34. The van der Waals surface area contributed by atoms with Crippen molar-refractivity contribution in [3.63, 3.8) is 0 Å². The molecule has 1 unspecified atom stereocenters. The minimum atomic E-state index is -0.0699. The van der Waals surface area contributed by atoms with E-state index in [4.69, 9.17) is 5.90 Å². The van der Waals surface area contributed by atoms with E-state index in [1.807, 2.05) is 6.92 Å². The topological polar surface area (TPSA) is 64.3 Å². The van der Waals surface area contributed by atoms with Crippen LogP contribution in [-0.4, -0.2) is 18.6 Å². The molecular weight excluding hydrogens is 120 g/mol. The zero-order valence-corrected chi connectivity index (χ0v) is 5.68. The van der Waals surface area contributed by atoms with Crippen molar-refractivity contribution in [3.05, 3.63) is 0 Å². The third-order valence-corrected chi connectivity index (χ3v) is 0.796. The summed E-state index contributed by atoms with van der Waals surface area (Å²) in [6.07, 6.45) is 0. The number of nitrogens with one attached hydrogen (secondary N) is 1. The van der Waals surface area contributed by atoms with E-state index in [-0.39, 0.29) is 11.9 Å². The monoisotopic (exact) mass is 132 g/mol. The van der Waals surface area contributed by atoms with Crippen LogP contribution in [0.4, 0.5) is 0 Å². The van der Waals surface area contributed by atoms with E-state index in [9.17, 15) is 4.79 Å². The summed E-state index contributed by atoms with van der Waals surface area (Å²) in [5, 5.41) is 2.60. The molecule has 0 saturated carbocycles. The normalized spacial score (nSPS) is 12.8. The second-order valence-electron chi connectivity index (χ2n) is 1.93. The van der Waals surface area contributed by atoms with Gasteiger partial charge in [0.25, 0.3) is 0 Å². The maximum absolute atomic E-state index is 10.3. The highest BCUT2D eigenvalue weighted by Crippen LogP contribution is 1.78. The van der Waals surface area contributed by atoms with Crippen molar-refractivity contribution in [2.24, 2.45) is 5.90 Å². The Morgan fingerprint density at radius 3 is 2.78 bits per heavy atom. The van der Waals surface area contributed by atoms with Crippen LogP contribution in [0.5, 0.6) is 0 Å². The zero-order valence-electron chi connectivity index (χ0n) is 5.68. The first-order chi connectivity index (χ1) is 4.16. The number of hydrogen-bond acceptors (Lipinski definition) is 3. The first kappa shape index (κ1) is 8.39. The maximum Gasteiger partial charge on any atom is 0.217 e. The molecule has 0 aliphatic heterocycles. The van der Waals surface area contributed by atoms with Crippen molar-refractivity contribution in [2.45, 2.75) is 19.9 Å². The minimum Gasteiger partial charge on any atom is -0.351 e. The van der Waals surface area contributed by atoms with Crippen LogP contribution in [0, 0.1) is 0 Å². The van der Waals surface area contributed by atoms with E-state index in [2.05, 4.69) is 10.2 Å². The average Bonchev–Trinajstić information content (AvgIpc) is 1.63. The Labute approximate surface area is 54.3 Å².